The molecule has 1 heterocycles. The van der Waals surface area contributed by atoms with Gasteiger partial charge in [0.05, 0.1) is 6.10 Å². The predicted octanol–water partition coefficient (Wildman–Crippen LogP) is 3.08. The van der Waals surface area contributed by atoms with Gasteiger partial charge in [-0.25, -0.2) is 0 Å². The van der Waals surface area contributed by atoms with Gasteiger partial charge in [-0.3, -0.25) is 0 Å². The van der Waals surface area contributed by atoms with E-state index < -0.39 is 0 Å². The number of fused-ring (bicyclic) bond motifs is 1. The topological polar surface area (TPSA) is 21.3 Å². The number of hydrogen-bond acceptors (Lipinski definition) is 2. The number of ether oxygens (including phenoxy) is 1. The van der Waals surface area contributed by atoms with Crippen LogP contribution in [0.25, 0.3) is 0 Å². The van der Waals surface area contributed by atoms with Crippen molar-refractivity contribution < 1.29 is 4.74 Å². The normalized spacial score (nSPS) is 19.6. The van der Waals surface area contributed by atoms with Gasteiger partial charge in [-0.1, -0.05) is 6.92 Å². The number of hydrogen-bond donors (Lipinski definition) is 1. The minimum atomic E-state index is 0.247. The lowest BCUT2D eigenvalue weighted by Crippen LogP contribution is -2.20. The van der Waals surface area contributed by atoms with Gasteiger partial charge >= 0.3 is 0 Å². The second kappa shape index (κ2) is 4.13. The Kier molecular flexibility index (Phi) is 2.85. The maximum atomic E-state index is 5.69. The Balaban J connectivity index is 2.20. The second-order valence-corrected chi connectivity index (χ2v) is 4.68. The van der Waals surface area contributed by atoms with Gasteiger partial charge in [0.1, 0.15) is 5.75 Å². The summed E-state index contributed by atoms with van der Waals surface area (Å²) in [6.07, 6.45) is 1.40. The zero-order chi connectivity index (χ0) is 10.8. The third-order valence-corrected chi connectivity index (χ3v) is 2.66. The van der Waals surface area contributed by atoms with E-state index in [2.05, 4.69) is 38.2 Å². The van der Waals surface area contributed by atoms with E-state index in [1.165, 1.54) is 11.3 Å². The van der Waals surface area contributed by atoms with Gasteiger partial charge in [0.2, 0.25) is 0 Å². The maximum Gasteiger partial charge on any atom is 0.120 e. The van der Waals surface area contributed by atoms with E-state index in [-0.39, 0.29) is 6.10 Å². The minimum absolute atomic E-state index is 0.247. The second-order valence-electron chi connectivity index (χ2n) is 4.68. The molecular formula is C13H19NO. The summed E-state index contributed by atoms with van der Waals surface area (Å²) in [4.78, 5) is 0. The summed E-state index contributed by atoms with van der Waals surface area (Å²) in [5.41, 5.74) is 2.65. The van der Waals surface area contributed by atoms with Gasteiger partial charge in [-0.05, 0) is 49.9 Å². The molecule has 0 fully saturated rings. The zero-order valence-corrected chi connectivity index (χ0v) is 9.71. The monoisotopic (exact) mass is 205 g/mol. The summed E-state index contributed by atoms with van der Waals surface area (Å²) in [7, 11) is 0. The highest BCUT2D eigenvalue weighted by Gasteiger charge is 2.14. The summed E-state index contributed by atoms with van der Waals surface area (Å²) in [6.45, 7) is 7.46. The highest BCUT2D eigenvalue weighted by atomic mass is 16.5. The molecule has 2 nitrogen and oxygen atoms in total. The lowest BCUT2D eigenvalue weighted by Gasteiger charge is -2.24. The fourth-order valence-corrected chi connectivity index (χ4v) is 1.99. The standard InChI is InChI=1S/C13H19NO/c1-9(2)15-12-4-5-13-11(7-12)6-10(3)8-14-13/h4-5,7,9-10,14H,6,8H2,1-3H3. The molecular weight excluding hydrogens is 186 g/mol. The summed E-state index contributed by atoms with van der Waals surface area (Å²) >= 11 is 0. The van der Waals surface area contributed by atoms with Crippen molar-refractivity contribution in [3.05, 3.63) is 23.8 Å². The smallest absolute Gasteiger partial charge is 0.120 e. The highest BCUT2D eigenvalue weighted by Crippen LogP contribution is 2.28. The Labute approximate surface area is 91.6 Å². The lowest BCUT2D eigenvalue weighted by molar-refractivity contribution is 0.242. The van der Waals surface area contributed by atoms with E-state index in [1.54, 1.807) is 0 Å². The fraction of sp³-hybridized carbons (Fsp3) is 0.538. The molecule has 1 aromatic carbocycles. The van der Waals surface area contributed by atoms with Crippen LogP contribution in [-0.4, -0.2) is 12.6 Å². The van der Waals surface area contributed by atoms with Crippen LogP contribution in [-0.2, 0) is 6.42 Å². The average molecular weight is 205 g/mol. The largest absolute Gasteiger partial charge is 0.491 e. The molecule has 2 heteroatoms. The Hall–Kier alpha value is -1.18. The fourth-order valence-electron chi connectivity index (χ4n) is 1.99. The zero-order valence-electron chi connectivity index (χ0n) is 9.71. The number of benzene rings is 1. The number of anilines is 1. The van der Waals surface area contributed by atoms with E-state index in [0.717, 1.165) is 18.7 Å². The first kappa shape index (κ1) is 10.3. The molecule has 15 heavy (non-hydrogen) atoms. The van der Waals surface area contributed by atoms with Gasteiger partial charge in [-0.2, -0.15) is 0 Å². The Morgan fingerprint density at radius 2 is 2.20 bits per heavy atom. The average Bonchev–Trinajstić information content (AvgIpc) is 2.16. The van der Waals surface area contributed by atoms with Gasteiger partial charge < -0.3 is 10.1 Å². The molecule has 0 bridgehead atoms. The first-order chi connectivity index (χ1) is 7.15. The van der Waals surface area contributed by atoms with Crippen LogP contribution in [0.5, 0.6) is 5.75 Å². The van der Waals surface area contributed by atoms with Gasteiger partial charge in [0.15, 0.2) is 0 Å². The van der Waals surface area contributed by atoms with Crippen LogP contribution in [0.4, 0.5) is 5.69 Å². The van der Waals surface area contributed by atoms with E-state index in [9.17, 15) is 0 Å². The van der Waals surface area contributed by atoms with Crippen LogP contribution in [0, 0.1) is 5.92 Å². The van der Waals surface area contributed by atoms with Crippen molar-refractivity contribution in [1.29, 1.82) is 0 Å². The van der Waals surface area contributed by atoms with Crippen molar-refractivity contribution in [2.45, 2.75) is 33.3 Å². The van der Waals surface area contributed by atoms with Gasteiger partial charge in [0.25, 0.3) is 0 Å². The predicted molar refractivity (Wildman–Crippen MR) is 63.6 cm³/mol. The van der Waals surface area contributed by atoms with Crippen LogP contribution in [0.15, 0.2) is 18.2 Å². The SMILES string of the molecule is CC1CNc2ccc(OC(C)C)cc2C1. The third-order valence-electron chi connectivity index (χ3n) is 2.66. The molecule has 1 aromatic rings. The quantitative estimate of drug-likeness (QED) is 0.801. The molecule has 0 saturated carbocycles. The third kappa shape index (κ3) is 2.44. The molecule has 0 saturated heterocycles. The minimum Gasteiger partial charge on any atom is -0.491 e. The van der Waals surface area contributed by atoms with Crippen LogP contribution in [0.3, 0.4) is 0 Å². The summed E-state index contributed by atoms with van der Waals surface area (Å²) < 4.78 is 5.69. The van der Waals surface area contributed by atoms with Crippen LogP contribution in [0.2, 0.25) is 0 Å². The van der Waals surface area contributed by atoms with Crippen LogP contribution < -0.4 is 10.1 Å². The summed E-state index contributed by atoms with van der Waals surface area (Å²) in [5.74, 6) is 1.70. The number of nitrogens with one attached hydrogen (secondary N) is 1. The van der Waals surface area contributed by atoms with Crippen LogP contribution >= 0.6 is 0 Å². The lowest BCUT2D eigenvalue weighted by atomic mass is 9.95. The molecule has 0 radical (unpaired) electrons. The van der Waals surface area contributed by atoms with Crippen molar-refractivity contribution in [2.24, 2.45) is 5.92 Å². The molecule has 2 rings (SSSR count). The van der Waals surface area contributed by atoms with Crippen molar-refractivity contribution in [3.8, 4) is 5.75 Å². The maximum absolute atomic E-state index is 5.69. The van der Waals surface area contributed by atoms with Crippen LogP contribution in [0.1, 0.15) is 26.3 Å². The Morgan fingerprint density at radius 1 is 1.40 bits per heavy atom. The summed E-state index contributed by atoms with van der Waals surface area (Å²) in [6, 6.07) is 6.33. The van der Waals surface area contributed by atoms with Crippen molar-refractivity contribution >= 4 is 5.69 Å². The molecule has 0 spiro atoms. The van der Waals surface area contributed by atoms with Crippen molar-refractivity contribution in [2.75, 3.05) is 11.9 Å². The first-order valence-corrected chi connectivity index (χ1v) is 5.68. The van der Waals surface area contributed by atoms with E-state index in [1.807, 2.05) is 6.07 Å². The molecule has 1 aliphatic rings. The Bertz CT molecular complexity index is 346. The number of rotatable bonds is 2. The molecule has 82 valence electrons. The highest BCUT2D eigenvalue weighted by molar-refractivity contribution is 5.56. The van der Waals surface area contributed by atoms with E-state index in [4.69, 9.17) is 4.74 Å². The molecule has 0 amide bonds. The molecule has 0 aliphatic carbocycles. The van der Waals surface area contributed by atoms with Gasteiger partial charge in [0, 0.05) is 12.2 Å². The van der Waals surface area contributed by atoms with Crippen molar-refractivity contribution in [3.63, 3.8) is 0 Å². The Morgan fingerprint density at radius 3 is 2.93 bits per heavy atom. The molecule has 1 atom stereocenters. The molecule has 0 aromatic heterocycles. The van der Waals surface area contributed by atoms with Gasteiger partial charge in [-0.15, -0.1) is 0 Å². The van der Waals surface area contributed by atoms with E-state index in [0.29, 0.717) is 5.92 Å². The molecule has 1 N–H and O–H groups in total. The molecule has 1 aliphatic heterocycles. The molecule has 1 unspecified atom stereocenters. The summed E-state index contributed by atoms with van der Waals surface area (Å²) in [5, 5.41) is 3.44. The van der Waals surface area contributed by atoms with E-state index >= 15 is 0 Å². The van der Waals surface area contributed by atoms with Crippen molar-refractivity contribution in [1.82, 2.24) is 0 Å². The first-order valence-electron chi connectivity index (χ1n) is 5.68.